The average molecular weight is 438 g/mol. The smallest absolute Gasteiger partial charge is 0.320 e. The molecule has 3 aromatic rings. The van der Waals surface area contributed by atoms with Crippen molar-refractivity contribution in [3.05, 3.63) is 71.9 Å². The molecule has 2 amide bonds. The van der Waals surface area contributed by atoms with E-state index in [1.54, 1.807) is 30.6 Å². The second-order valence-electron chi connectivity index (χ2n) is 7.62. The highest BCUT2D eigenvalue weighted by molar-refractivity contribution is 5.92. The molecule has 8 nitrogen and oxygen atoms in total. The van der Waals surface area contributed by atoms with Crippen LogP contribution >= 0.6 is 0 Å². The van der Waals surface area contributed by atoms with Crippen molar-refractivity contribution in [2.45, 2.75) is 19.4 Å². The maximum Gasteiger partial charge on any atom is 0.320 e. The highest BCUT2D eigenvalue weighted by atomic mass is 19.1. The van der Waals surface area contributed by atoms with Crippen LogP contribution in [0, 0.1) is 18.2 Å². The Bertz CT molecular complexity index is 1130. The molecule has 1 aromatic carbocycles. The van der Waals surface area contributed by atoms with Gasteiger partial charge in [-0.15, -0.1) is 0 Å². The van der Waals surface area contributed by atoms with Gasteiger partial charge in [-0.05, 0) is 55.8 Å². The van der Waals surface area contributed by atoms with Crippen LogP contribution in [0.15, 0.2) is 54.9 Å². The number of rotatable bonds is 6. The van der Waals surface area contributed by atoms with Gasteiger partial charge in [0.05, 0.1) is 11.9 Å². The molecule has 2 aromatic heterocycles. The van der Waals surface area contributed by atoms with E-state index in [-0.39, 0.29) is 20.7 Å². The van der Waals surface area contributed by atoms with Crippen molar-refractivity contribution < 1.29 is 12.0 Å². The molecule has 32 heavy (non-hydrogen) atoms. The van der Waals surface area contributed by atoms with E-state index in [0.29, 0.717) is 23.6 Å². The molecule has 3 heterocycles. The van der Waals surface area contributed by atoms with Gasteiger partial charge in [0, 0.05) is 57.0 Å². The minimum Gasteiger partial charge on any atom is -0.369 e. The van der Waals surface area contributed by atoms with Crippen molar-refractivity contribution in [2.75, 3.05) is 28.6 Å². The van der Waals surface area contributed by atoms with E-state index in [2.05, 4.69) is 30.8 Å². The zero-order valence-electron chi connectivity index (χ0n) is 17.6. The minimum atomic E-state index is -0.357. The van der Waals surface area contributed by atoms with E-state index < -0.39 is 0 Å². The SMILES string of the molecule is Cc1cc(Nc2cnc(NC(=O)N[C@@H]3CCN(c4ccc(F)cc4)C3)cc2C=N)ccn1.[HH].[HH]. The molecule has 1 fully saturated rings. The maximum atomic E-state index is 13.1. The lowest BCUT2D eigenvalue weighted by Crippen LogP contribution is -2.39. The molecule has 0 aliphatic carbocycles. The molecule has 168 valence electrons. The number of carbonyl (C=O) groups excluding carboxylic acids is 1. The van der Waals surface area contributed by atoms with E-state index in [1.165, 1.54) is 18.3 Å². The monoisotopic (exact) mass is 437 g/mol. The average Bonchev–Trinajstić information content (AvgIpc) is 3.23. The molecule has 1 saturated heterocycles. The summed E-state index contributed by atoms with van der Waals surface area (Å²) >= 11 is 0. The summed E-state index contributed by atoms with van der Waals surface area (Å²) in [6.07, 6.45) is 5.28. The van der Waals surface area contributed by atoms with Crippen molar-refractivity contribution in [2.24, 2.45) is 0 Å². The lowest BCUT2D eigenvalue weighted by atomic mass is 10.2. The van der Waals surface area contributed by atoms with Crippen LogP contribution in [0.1, 0.15) is 20.5 Å². The summed E-state index contributed by atoms with van der Waals surface area (Å²) in [7, 11) is 0. The van der Waals surface area contributed by atoms with Crippen molar-refractivity contribution in [1.82, 2.24) is 15.3 Å². The number of anilines is 4. The molecule has 1 atom stereocenters. The summed E-state index contributed by atoms with van der Waals surface area (Å²) in [5.41, 5.74) is 3.89. The zero-order valence-corrected chi connectivity index (χ0v) is 17.6. The number of nitrogens with zero attached hydrogens (tertiary/aromatic N) is 3. The Labute approximate surface area is 188 Å². The van der Waals surface area contributed by atoms with Gasteiger partial charge in [-0.1, -0.05) is 0 Å². The predicted molar refractivity (Wildman–Crippen MR) is 128 cm³/mol. The third-order valence-corrected chi connectivity index (χ3v) is 5.22. The van der Waals surface area contributed by atoms with Crippen LogP contribution in [0.3, 0.4) is 0 Å². The second kappa shape index (κ2) is 9.42. The number of nitrogens with one attached hydrogen (secondary N) is 4. The standard InChI is InChI=1S/C23H24FN7O.2H2/c1-15-10-18(6-8-26-15)28-21-13-27-22(11-16(21)12-25)30-23(32)29-19-7-9-31(14-19)20-4-2-17(24)3-5-20;;/h2-6,8,10-13,19,25H,7,9,14H2,1H3,(H,26,28)(H2,27,29,30,32);2*1H/t19-;;/m1../s1. The highest BCUT2D eigenvalue weighted by Crippen LogP contribution is 2.22. The van der Waals surface area contributed by atoms with Crippen LogP contribution in [0.2, 0.25) is 0 Å². The maximum absolute atomic E-state index is 13.1. The van der Waals surface area contributed by atoms with Crippen molar-refractivity contribution >= 4 is 35.1 Å². The van der Waals surface area contributed by atoms with Gasteiger partial charge < -0.3 is 20.9 Å². The van der Waals surface area contributed by atoms with E-state index >= 15 is 0 Å². The molecule has 4 N–H and O–H groups in total. The van der Waals surface area contributed by atoms with Crippen LogP contribution < -0.4 is 20.9 Å². The van der Waals surface area contributed by atoms with Crippen LogP contribution in [0.25, 0.3) is 0 Å². The summed E-state index contributed by atoms with van der Waals surface area (Å²) in [5, 5.41) is 16.6. The molecule has 4 rings (SSSR count). The first-order valence-corrected chi connectivity index (χ1v) is 10.3. The van der Waals surface area contributed by atoms with Gasteiger partial charge in [0.15, 0.2) is 0 Å². The second-order valence-corrected chi connectivity index (χ2v) is 7.62. The van der Waals surface area contributed by atoms with Gasteiger partial charge in [-0.2, -0.15) is 0 Å². The molecular formula is C23H28FN7O. The van der Waals surface area contributed by atoms with Gasteiger partial charge in [0.2, 0.25) is 0 Å². The lowest BCUT2D eigenvalue weighted by molar-refractivity contribution is 0.249. The van der Waals surface area contributed by atoms with Crippen LogP contribution in [-0.4, -0.2) is 41.3 Å². The van der Waals surface area contributed by atoms with Gasteiger partial charge in [0.25, 0.3) is 0 Å². The number of aryl methyl sites for hydroxylation is 1. The fourth-order valence-corrected chi connectivity index (χ4v) is 3.64. The molecule has 0 unspecified atom stereocenters. The van der Waals surface area contributed by atoms with E-state index in [1.807, 2.05) is 19.1 Å². The first-order chi connectivity index (χ1) is 15.5. The number of hydrogen-bond donors (Lipinski definition) is 4. The van der Waals surface area contributed by atoms with Crippen molar-refractivity contribution in [1.29, 1.82) is 5.41 Å². The van der Waals surface area contributed by atoms with Crippen molar-refractivity contribution in [3.63, 3.8) is 0 Å². The topological polar surface area (TPSA) is 106 Å². The molecule has 1 aliphatic rings. The van der Waals surface area contributed by atoms with E-state index in [0.717, 1.165) is 30.0 Å². The molecule has 9 heteroatoms. The molecule has 0 radical (unpaired) electrons. The van der Waals surface area contributed by atoms with Crippen LogP contribution in [0.4, 0.5) is 32.1 Å². The molecular weight excluding hydrogens is 409 g/mol. The van der Waals surface area contributed by atoms with Gasteiger partial charge >= 0.3 is 6.03 Å². The minimum absolute atomic E-state index is 0. The first-order valence-electron chi connectivity index (χ1n) is 10.3. The van der Waals surface area contributed by atoms with Crippen molar-refractivity contribution in [3.8, 4) is 0 Å². The van der Waals surface area contributed by atoms with Crippen LogP contribution in [-0.2, 0) is 0 Å². The Balaban J connectivity index is 0.00000204. The van der Waals surface area contributed by atoms with Crippen LogP contribution in [0.5, 0.6) is 0 Å². The lowest BCUT2D eigenvalue weighted by Gasteiger charge is -2.19. The number of aromatic nitrogens is 2. The van der Waals surface area contributed by atoms with E-state index in [4.69, 9.17) is 5.41 Å². The number of urea groups is 1. The fourth-order valence-electron chi connectivity index (χ4n) is 3.64. The number of amides is 2. The Morgan fingerprint density at radius 2 is 2.06 bits per heavy atom. The summed E-state index contributed by atoms with van der Waals surface area (Å²) < 4.78 is 13.1. The zero-order chi connectivity index (χ0) is 22.5. The first kappa shape index (κ1) is 21.2. The molecule has 0 bridgehead atoms. The quantitative estimate of drug-likeness (QED) is 0.423. The normalized spacial score (nSPS) is 15.3. The summed E-state index contributed by atoms with van der Waals surface area (Å²) in [5.74, 6) is 0.0850. The number of hydrogen-bond acceptors (Lipinski definition) is 6. The number of carbonyl (C=O) groups is 1. The van der Waals surface area contributed by atoms with Gasteiger partial charge in [-0.3, -0.25) is 10.3 Å². The predicted octanol–water partition coefficient (Wildman–Crippen LogP) is 4.56. The Hall–Kier alpha value is -4.01. The summed E-state index contributed by atoms with van der Waals surface area (Å²) in [6, 6.07) is 11.3. The summed E-state index contributed by atoms with van der Waals surface area (Å²) in [6.45, 7) is 3.32. The summed E-state index contributed by atoms with van der Waals surface area (Å²) in [4.78, 5) is 23.0. The van der Waals surface area contributed by atoms with Gasteiger partial charge in [0.1, 0.15) is 11.6 Å². The molecule has 0 saturated carbocycles. The van der Waals surface area contributed by atoms with E-state index in [9.17, 15) is 9.18 Å². The molecule has 1 aliphatic heterocycles. The number of halogens is 1. The fraction of sp³-hybridized carbons (Fsp3) is 0.217. The Morgan fingerprint density at radius 1 is 1.25 bits per heavy atom. The third-order valence-electron chi connectivity index (χ3n) is 5.22. The van der Waals surface area contributed by atoms with Gasteiger partial charge in [-0.25, -0.2) is 14.2 Å². The molecule has 0 spiro atoms. The number of pyridine rings is 2. The highest BCUT2D eigenvalue weighted by Gasteiger charge is 2.24. The third kappa shape index (κ3) is 5.18. The largest absolute Gasteiger partial charge is 0.369 e. The Morgan fingerprint density at radius 3 is 2.81 bits per heavy atom. The Kier molecular flexibility index (Phi) is 6.25. The number of benzene rings is 1.